The van der Waals surface area contributed by atoms with Crippen LogP contribution >= 0.6 is 0 Å². The van der Waals surface area contributed by atoms with E-state index in [2.05, 4.69) is 5.11 Å². The molecule has 70 valence electrons. The van der Waals surface area contributed by atoms with E-state index < -0.39 is 12.0 Å². The Morgan fingerprint density at radius 3 is 2.77 bits per heavy atom. The highest BCUT2D eigenvalue weighted by molar-refractivity contribution is 5.73. The Morgan fingerprint density at radius 2 is 2.31 bits per heavy atom. The maximum atomic E-state index is 10.7. The van der Waals surface area contributed by atoms with E-state index in [0.29, 0.717) is 11.3 Å². The van der Waals surface area contributed by atoms with Crippen molar-refractivity contribution in [1.29, 1.82) is 1.43 Å². The fraction of sp³-hybridized carbons (Fsp3) is 0.222. The average molecular weight is 184 g/mol. The highest BCUT2D eigenvalue weighted by atomic mass is 16.4. The molecule has 0 heterocycles. The first-order valence-electron chi connectivity index (χ1n) is 5.06. The molecule has 0 unspecified atom stereocenters. The van der Waals surface area contributed by atoms with Gasteiger partial charge in [-0.1, -0.05) is 12.1 Å². The van der Waals surface area contributed by atoms with Gasteiger partial charge in [-0.05, 0) is 24.1 Å². The molecule has 13 heavy (non-hydrogen) atoms. The smallest absolute Gasteiger partial charge is 0.320 e. The maximum Gasteiger partial charge on any atom is 0.320 e. The predicted octanol–water partition coefficient (Wildman–Crippen LogP) is 0.347. The van der Waals surface area contributed by atoms with Crippen LogP contribution < -0.4 is 5.72 Å². The zero-order valence-corrected chi connectivity index (χ0v) is 6.80. The summed E-state index contributed by atoms with van der Waals surface area (Å²) in [5.74, 6) is -0.866. The Labute approximate surface area is 80.0 Å². The fourth-order valence-electron chi connectivity index (χ4n) is 0.936. The lowest BCUT2D eigenvalue weighted by atomic mass is 10.1. The van der Waals surface area contributed by atoms with Gasteiger partial charge in [0.15, 0.2) is 0 Å². The number of rotatable bonds is 5. The summed E-state index contributed by atoms with van der Waals surface area (Å²) in [7, 11) is 0. The normalized spacial score (nSPS) is 15.6. The molecule has 4 nitrogen and oxygen atoms in total. The number of aromatic hydroxyl groups is 1. The van der Waals surface area contributed by atoms with Gasteiger partial charge in [-0.15, -0.1) is 0 Å². The van der Waals surface area contributed by atoms with E-state index in [1.807, 2.05) is 0 Å². The lowest BCUT2D eigenvalue weighted by Gasteiger charge is -2.05. The van der Waals surface area contributed by atoms with Gasteiger partial charge in [-0.2, -0.15) is 0 Å². The standard InChI is InChI=1S/C9H11NO3/c10-8(9(12)13)5-6-1-3-7(11)4-2-6/h1-4,8,11H,5,10H2,(H,12,13)/t8-/m0/s1/i/hD3. The summed E-state index contributed by atoms with van der Waals surface area (Å²) >= 11 is 0. The number of carbonyl (C=O) groups is 1. The Kier molecular flexibility index (Phi) is 1.80. The molecule has 0 aliphatic rings. The van der Waals surface area contributed by atoms with E-state index in [9.17, 15) is 4.79 Å². The number of phenols is 1. The van der Waals surface area contributed by atoms with Gasteiger partial charge in [0.2, 0.25) is 0 Å². The van der Waals surface area contributed by atoms with Crippen LogP contribution in [0.15, 0.2) is 24.3 Å². The van der Waals surface area contributed by atoms with Gasteiger partial charge in [0.1, 0.15) is 14.6 Å². The molecule has 4 heteroatoms. The minimum atomic E-state index is -1.22. The Hall–Kier alpha value is -1.55. The van der Waals surface area contributed by atoms with Crippen LogP contribution in [-0.4, -0.2) is 23.7 Å². The van der Waals surface area contributed by atoms with Crippen LogP contribution in [0.5, 0.6) is 5.75 Å². The van der Waals surface area contributed by atoms with E-state index in [4.69, 9.17) is 9.36 Å². The highest BCUT2D eigenvalue weighted by Crippen LogP contribution is 2.10. The molecule has 4 N–H and O–H groups in total. The lowest BCUT2D eigenvalue weighted by molar-refractivity contribution is -0.138. The third kappa shape index (κ3) is 2.76. The largest absolute Gasteiger partial charge is 0.508 e. The van der Waals surface area contributed by atoms with Gasteiger partial charge < -0.3 is 15.9 Å². The zero-order chi connectivity index (χ0) is 12.1. The molecule has 0 spiro atoms. The predicted molar refractivity (Wildman–Crippen MR) is 47.4 cm³/mol. The zero-order valence-electron chi connectivity index (χ0n) is 9.80. The monoisotopic (exact) mass is 184 g/mol. The van der Waals surface area contributed by atoms with Crippen LogP contribution in [-0.2, 0) is 11.2 Å². The number of carboxylic acids is 1. The van der Waals surface area contributed by atoms with E-state index in [1.165, 1.54) is 12.1 Å². The van der Waals surface area contributed by atoms with Crippen molar-refractivity contribution >= 4 is 5.97 Å². The Bertz CT molecular complexity index is 356. The molecule has 0 aromatic heterocycles. The molecule has 0 saturated heterocycles. The van der Waals surface area contributed by atoms with Crippen LogP contribution in [0.4, 0.5) is 0 Å². The summed E-state index contributed by atoms with van der Waals surface area (Å²) in [6.07, 6.45) is 0.0562. The second kappa shape index (κ2) is 3.91. The molecule has 0 aliphatic heterocycles. The van der Waals surface area contributed by atoms with Crippen molar-refractivity contribution in [2.45, 2.75) is 12.5 Å². The first-order valence-corrected chi connectivity index (χ1v) is 3.76. The third-order valence-electron chi connectivity index (χ3n) is 1.64. The Morgan fingerprint density at radius 1 is 1.62 bits per heavy atom. The van der Waals surface area contributed by atoms with Gasteiger partial charge >= 0.3 is 5.97 Å². The second-order valence-electron chi connectivity index (χ2n) is 2.70. The summed E-state index contributed by atoms with van der Waals surface area (Å²) in [6.45, 7) is 0. The summed E-state index contributed by atoms with van der Waals surface area (Å²) in [6, 6.07) is 5.05. The van der Waals surface area contributed by atoms with Crippen LogP contribution in [0.2, 0.25) is 2.82 Å². The van der Waals surface area contributed by atoms with Crippen LogP contribution in [0.3, 0.4) is 0 Å². The molecule has 1 aromatic rings. The SMILES string of the molecule is [2H]Oc1ccc(C[C@@H](C(=O)O)N([2H])[2H])cc1. The number of aliphatic carboxylic acids is 1. The molecule has 0 saturated carbocycles. The molecular weight excluding hydrogens is 170 g/mol. The number of carboxylic acid groups (broad SMARTS) is 1. The fourth-order valence-corrected chi connectivity index (χ4v) is 0.936. The van der Waals surface area contributed by atoms with Crippen molar-refractivity contribution in [2.24, 2.45) is 5.72 Å². The summed E-state index contributed by atoms with van der Waals surface area (Å²) in [5.41, 5.74) is 0.828. The van der Waals surface area contributed by atoms with E-state index in [-0.39, 0.29) is 12.1 Å². The lowest BCUT2D eigenvalue weighted by Crippen LogP contribution is -2.32. The van der Waals surface area contributed by atoms with Crippen molar-refractivity contribution in [3.05, 3.63) is 29.8 Å². The summed E-state index contributed by atoms with van der Waals surface area (Å²) in [4.78, 5) is 10.7. The summed E-state index contributed by atoms with van der Waals surface area (Å²) < 4.78 is 20.5. The molecule has 0 radical (unpaired) electrons. The summed E-state index contributed by atoms with van der Waals surface area (Å²) in [5, 5.41) is 13.0. The highest BCUT2D eigenvalue weighted by Gasteiger charge is 2.11. The third-order valence-corrected chi connectivity index (χ3v) is 1.64. The molecular formula is C9H11NO3. The molecule has 1 atom stereocenters. The average Bonchev–Trinajstić information content (AvgIpc) is 2.25. The molecule has 0 bridgehead atoms. The number of phenolic OH excluding ortho intramolecular Hbond substituents is 1. The van der Waals surface area contributed by atoms with Crippen molar-refractivity contribution in [3.8, 4) is 5.75 Å². The van der Waals surface area contributed by atoms with E-state index in [0.717, 1.165) is 0 Å². The first-order chi connectivity index (χ1) is 7.54. The Balaban J connectivity index is 2.74. The van der Waals surface area contributed by atoms with Crippen LogP contribution in [0.25, 0.3) is 0 Å². The van der Waals surface area contributed by atoms with Gasteiger partial charge in [-0.3, -0.25) is 4.79 Å². The second-order valence-corrected chi connectivity index (χ2v) is 2.70. The quantitative estimate of drug-likeness (QED) is 0.616. The van der Waals surface area contributed by atoms with Crippen molar-refractivity contribution < 1.29 is 17.8 Å². The van der Waals surface area contributed by atoms with Gasteiger partial charge in [0.25, 0.3) is 1.43 Å². The number of hydrogen-bond acceptors (Lipinski definition) is 3. The molecule has 0 amide bonds. The van der Waals surface area contributed by atoms with Crippen LogP contribution in [0.1, 0.15) is 5.56 Å². The van der Waals surface area contributed by atoms with E-state index >= 15 is 0 Å². The minimum Gasteiger partial charge on any atom is -0.508 e. The molecule has 1 rings (SSSR count). The number of benzene rings is 1. The van der Waals surface area contributed by atoms with Gasteiger partial charge in [0.05, 0.1) is 0 Å². The topological polar surface area (TPSA) is 83.5 Å². The maximum absolute atomic E-state index is 10.7. The molecule has 1 aromatic carbocycles. The first kappa shape index (κ1) is 5.99. The number of nitrogens with two attached hydrogens (primary N) is 1. The van der Waals surface area contributed by atoms with Gasteiger partial charge in [-0.25, -0.2) is 0 Å². The molecule has 0 fully saturated rings. The number of hydrogen-bond donors (Lipinski definition) is 3. The molecule has 0 aliphatic carbocycles. The van der Waals surface area contributed by atoms with Crippen molar-refractivity contribution in [2.75, 3.05) is 0 Å². The van der Waals surface area contributed by atoms with Crippen molar-refractivity contribution in [3.63, 3.8) is 0 Å². The van der Waals surface area contributed by atoms with Crippen LogP contribution in [0, 0.1) is 0 Å². The minimum absolute atomic E-state index is 0.0562. The van der Waals surface area contributed by atoms with E-state index in [1.54, 1.807) is 12.1 Å². The van der Waals surface area contributed by atoms with Crippen molar-refractivity contribution in [1.82, 2.24) is 0 Å². The van der Waals surface area contributed by atoms with Gasteiger partial charge in [0, 0.05) is 0 Å².